The van der Waals surface area contributed by atoms with Crippen molar-refractivity contribution in [1.82, 2.24) is 5.06 Å². The van der Waals surface area contributed by atoms with Crippen molar-refractivity contribution in [2.75, 3.05) is 0 Å². The van der Waals surface area contributed by atoms with E-state index in [0.717, 1.165) is 6.42 Å². The van der Waals surface area contributed by atoms with Gasteiger partial charge in [0.2, 0.25) is 0 Å². The Labute approximate surface area is 55.1 Å². The molecule has 2 heteroatoms. The average molecular weight is 125 g/mol. The van der Waals surface area contributed by atoms with Crippen molar-refractivity contribution in [3.05, 3.63) is 24.4 Å². The van der Waals surface area contributed by atoms with Crippen LogP contribution in [0, 0.1) is 0 Å². The molecule has 0 saturated carbocycles. The molecule has 9 heavy (non-hydrogen) atoms. The molecule has 1 unspecified atom stereocenters. The quantitative estimate of drug-likeness (QED) is 0.574. The van der Waals surface area contributed by atoms with Gasteiger partial charge in [-0.25, -0.2) is 0 Å². The van der Waals surface area contributed by atoms with Crippen LogP contribution in [0.15, 0.2) is 24.4 Å². The molecule has 1 heterocycles. The van der Waals surface area contributed by atoms with Crippen LogP contribution in [0.1, 0.15) is 13.3 Å². The van der Waals surface area contributed by atoms with Crippen LogP contribution in [0.3, 0.4) is 0 Å². The SMILES string of the molecule is CCC1C=CC=CN1O. The van der Waals surface area contributed by atoms with Crippen LogP contribution in [0.5, 0.6) is 0 Å². The number of hydrogen-bond acceptors (Lipinski definition) is 2. The first-order valence-electron chi connectivity index (χ1n) is 3.17. The summed E-state index contributed by atoms with van der Waals surface area (Å²) in [4.78, 5) is 0. The number of rotatable bonds is 1. The fourth-order valence-electron chi connectivity index (χ4n) is 0.852. The summed E-state index contributed by atoms with van der Waals surface area (Å²) in [5.74, 6) is 0. The van der Waals surface area contributed by atoms with E-state index in [9.17, 15) is 0 Å². The van der Waals surface area contributed by atoms with E-state index in [0.29, 0.717) is 0 Å². The third-order valence-corrected chi connectivity index (χ3v) is 1.44. The molecule has 1 aliphatic heterocycles. The lowest BCUT2D eigenvalue weighted by Crippen LogP contribution is -2.25. The Morgan fingerprint density at radius 2 is 2.33 bits per heavy atom. The summed E-state index contributed by atoms with van der Waals surface area (Å²) < 4.78 is 0. The van der Waals surface area contributed by atoms with Crippen molar-refractivity contribution in [2.45, 2.75) is 19.4 Å². The van der Waals surface area contributed by atoms with E-state index >= 15 is 0 Å². The number of hydroxylamine groups is 2. The lowest BCUT2D eigenvalue weighted by Gasteiger charge is -2.21. The van der Waals surface area contributed by atoms with E-state index in [2.05, 4.69) is 0 Å². The van der Waals surface area contributed by atoms with Gasteiger partial charge in [0.25, 0.3) is 0 Å². The molecule has 0 fully saturated rings. The van der Waals surface area contributed by atoms with Crippen LogP contribution < -0.4 is 0 Å². The molecule has 2 nitrogen and oxygen atoms in total. The highest BCUT2D eigenvalue weighted by Crippen LogP contribution is 2.07. The Morgan fingerprint density at radius 1 is 1.56 bits per heavy atom. The van der Waals surface area contributed by atoms with Gasteiger partial charge in [0.1, 0.15) is 0 Å². The molecule has 50 valence electrons. The van der Waals surface area contributed by atoms with E-state index in [-0.39, 0.29) is 6.04 Å². The van der Waals surface area contributed by atoms with Crippen LogP contribution in [-0.2, 0) is 0 Å². The predicted molar refractivity (Wildman–Crippen MR) is 36.0 cm³/mol. The lowest BCUT2D eigenvalue weighted by molar-refractivity contribution is -0.0663. The summed E-state index contributed by atoms with van der Waals surface area (Å²) in [5.41, 5.74) is 0. The van der Waals surface area contributed by atoms with Crippen molar-refractivity contribution in [2.24, 2.45) is 0 Å². The van der Waals surface area contributed by atoms with Gasteiger partial charge >= 0.3 is 0 Å². The van der Waals surface area contributed by atoms with Gasteiger partial charge in [0.15, 0.2) is 0 Å². The van der Waals surface area contributed by atoms with Gasteiger partial charge in [-0.15, -0.1) is 0 Å². The Hall–Kier alpha value is -0.760. The molecule has 0 amide bonds. The molecule has 0 saturated heterocycles. The Balaban J connectivity index is 2.55. The van der Waals surface area contributed by atoms with Gasteiger partial charge in [0.05, 0.1) is 6.04 Å². The van der Waals surface area contributed by atoms with Crippen LogP contribution in [0.2, 0.25) is 0 Å². The maximum Gasteiger partial charge on any atom is 0.0737 e. The zero-order valence-electron chi connectivity index (χ0n) is 5.49. The molecule has 0 aromatic heterocycles. The van der Waals surface area contributed by atoms with Gasteiger partial charge in [-0.05, 0) is 12.5 Å². The Bertz CT molecular complexity index is 140. The molecule has 0 aliphatic carbocycles. The molecule has 0 spiro atoms. The second kappa shape index (κ2) is 2.69. The van der Waals surface area contributed by atoms with Crippen molar-refractivity contribution >= 4 is 0 Å². The summed E-state index contributed by atoms with van der Waals surface area (Å²) in [5, 5.41) is 10.3. The molecular formula is C7H11NO. The van der Waals surface area contributed by atoms with E-state index < -0.39 is 0 Å². The smallest absolute Gasteiger partial charge is 0.0737 e. The van der Waals surface area contributed by atoms with Crippen LogP contribution in [0.25, 0.3) is 0 Å². The summed E-state index contributed by atoms with van der Waals surface area (Å²) >= 11 is 0. The third kappa shape index (κ3) is 1.33. The highest BCUT2D eigenvalue weighted by Gasteiger charge is 2.07. The largest absolute Gasteiger partial charge is 0.288 e. The van der Waals surface area contributed by atoms with Crippen molar-refractivity contribution in [3.8, 4) is 0 Å². The van der Waals surface area contributed by atoms with Crippen molar-refractivity contribution in [3.63, 3.8) is 0 Å². The minimum absolute atomic E-state index is 0.176. The summed E-state index contributed by atoms with van der Waals surface area (Å²) in [6, 6.07) is 0.176. The fraction of sp³-hybridized carbons (Fsp3) is 0.429. The number of nitrogens with zero attached hydrogens (tertiary/aromatic N) is 1. The van der Waals surface area contributed by atoms with E-state index in [1.165, 1.54) is 5.06 Å². The van der Waals surface area contributed by atoms with Gasteiger partial charge in [-0.3, -0.25) is 10.3 Å². The van der Waals surface area contributed by atoms with E-state index in [4.69, 9.17) is 5.21 Å². The standard InChI is InChI=1S/C7H11NO/c1-2-7-5-3-4-6-8(7)9/h3-7,9H,2H2,1H3. The minimum atomic E-state index is 0.176. The lowest BCUT2D eigenvalue weighted by atomic mass is 10.2. The summed E-state index contributed by atoms with van der Waals surface area (Å²) in [6.07, 6.45) is 8.33. The molecular weight excluding hydrogens is 114 g/mol. The zero-order chi connectivity index (χ0) is 6.69. The molecule has 1 atom stereocenters. The maximum absolute atomic E-state index is 9.06. The maximum atomic E-state index is 9.06. The Morgan fingerprint density at radius 3 is 2.78 bits per heavy atom. The number of allylic oxidation sites excluding steroid dienone is 2. The third-order valence-electron chi connectivity index (χ3n) is 1.44. The van der Waals surface area contributed by atoms with Gasteiger partial charge in [-0.2, -0.15) is 0 Å². The molecule has 0 bridgehead atoms. The van der Waals surface area contributed by atoms with Crippen LogP contribution >= 0.6 is 0 Å². The second-order valence-electron chi connectivity index (χ2n) is 2.08. The molecule has 0 aromatic rings. The van der Waals surface area contributed by atoms with Crippen molar-refractivity contribution in [1.29, 1.82) is 0 Å². The van der Waals surface area contributed by atoms with Crippen LogP contribution in [-0.4, -0.2) is 16.3 Å². The monoisotopic (exact) mass is 125 g/mol. The second-order valence-corrected chi connectivity index (χ2v) is 2.08. The van der Waals surface area contributed by atoms with Gasteiger partial charge < -0.3 is 0 Å². The molecule has 1 aliphatic rings. The average Bonchev–Trinajstić information content (AvgIpc) is 1.89. The highest BCUT2D eigenvalue weighted by atomic mass is 16.5. The van der Waals surface area contributed by atoms with Crippen LogP contribution in [0.4, 0.5) is 0 Å². The Kier molecular flexibility index (Phi) is 1.90. The first kappa shape index (κ1) is 6.36. The summed E-state index contributed by atoms with van der Waals surface area (Å²) in [6.45, 7) is 2.04. The van der Waals surface area contributed by atoms with Crippen molar-refractivity contribution < 1.29 is 5.21 Å². The number of hydrogen-bond donors (Lipinski definition) is 1. The molecule has 0 aromatic carbocycles. The van der Waals surface area contributed by atoms with Gasteiger partial charge in [0, 0.05) is 6.20 Å². The van der Waals surface area contributed by atoms with E-state index in [1.54, 1.807) is 6.20 Å². The molecule has 0 radical (unpaired) electrons. The first-order valence-corrected chi connectivity index (χ1v) is 3.17. The molecule has 1 N–H and O–H groups in total. The van der Waals surface area contributed by atoms with Gasteiger partial charge in [-0.1, -0.05) is 19.1 Å². The zero-order valence-corrected chi connectivity index (χ0v) is 5.49. The fourth-order valence-corrected chi connectivity index (χ4v) is 0.852. The normalized spacial score (nSPS) is 25.1. The molecule has 1 rings (SSSR count). The first-order chi connectivity index (χ1) is 4.34. The van der Waals surface area contributed by atoms with E-state index in [1.807, 2.05) is 25.2 Å². The highest BCUT2D eigenvalue weighted by molar-refractivity contribution is 5.10. The predicted octanol–water partition coefficient (Wildman–Crippen LogP) is 1.54. The topological polar surface area (TPSA) is 23.5 Å². The summed E-state index contributed by atoms with van der Waals surface area (Å²) in [7, 11) is 0. The minimum Gasteiger partial charge on any atom is -0.288 e.